The molecule has 2 N–H and O–H groups in total. The van der Waals surface area contributed by atoms with Crippen molar-refractivity contribution >= 4 is 16.9 Å². The average molecular weight is 432 g/mol. The molecule has 31 heavy (non-hydrogen) atoms. The topological polar surface area (TPSA) is 84.3 Å². The molecule has 9 heteroatoms. The number of fused-ring (bicyclic) bond motifs is 1. The zero-order chi connectivity index (χ0) is 23.0. The number of hydrogen-bond donors (Lipinski definition) is 2. The van der Waals surface area contributed by atoms with Crippen molar-refractivity contribution in [3.63, 3.8) is 0 Å². The number of ether oxygens (including phenoxy) is 1. The van der Waals surface area contributed by atoms with Crippen molar-refractivity contribution in [3.8, 4) is 11.8 Å². The zero-order valence-electron chi connectivity index (χ0n) is 16.9. The van der Waals surface area contributed by atoms with Crippen LogP contribution >= 0.6 is 0 Å². The zero-order valence-corrected chi connectivity index (χ0v) is 16.9. The van der Waals surface area contributed by atoms with Gasteiger partial charge in [-0.1, -0.05) is 36.3 Å². The summed E-state index contributed by atoms with van der Waals surface area (Å²) in [5.41, 5.74) is -4.11. The van der Waals surface area contributed by atoms with Crippen LogP contribution in [-0.2, 0) is 17.4 Å². The monoisotopic (exact) mass is 432 g/mol. The lowest BCUT2D eigenvalue weighted by Crippen LogP contribution is -2.41. The summed E-state index contributed by atoms with van der Waals surface area (Å²) in [6.07, 6.45) is -3.88. The summed E-state index contributed by atoms with van der Waals surface area (Å²) in [5.74, 6) is 3.52. The fourth-order valence-electron chi connectivity index (χ4n) is 3.24. The first-order chi connectivity index (χ1) is 14.5. The van der Waals surface area contributed by atoms with Crippen LogP contribution in [0.3, 0.4) is 0 Å². The number of halogens is 3. The number of pyridine rings is 1. The van der Waals surface area contributed by atoms with Gasteiger partial charge in [-0.05, 0) is 19.8 Å². The number of nitrogens with one attached hydrogen (secondary N) is 1. The second-order valence-electron chi connectivity index (χ2n) is 6.88. The molecule has 162 valence electrons. The summed E-state index contributed by atoms with van der Waals surface area (Å²) in [7, 11) is 1.40. The van der Waals surface area contributed by atoms with Crippen LogP contribution in [0, 0.1) is 18.8 Å². The van der Waals surface area contributed by atoms with E-state index in [1.54, 1.807) is 13.8 Å². The highest BCUT2D eigenvalue weighted by Crippen LogP contribution is 2.38. The number of aryl methyl sites for hydroxylation is 2. The van der Waals surface area contributed by atoms with Crippen molar-refractivity contribution in [3.05, 3.63) is 69.3 Å². The van der Waals surface area contributed by atoms with Crippen molar-refractivity contribution < 1.29 is 27.8 Å². The lowest BCUT2D eigenvalue weighted by atomic mass is 9.93. The second kappa shape index (κ2) is 7.96. The van der Waals surface area contributed by atoms with Crippen LogP contribution in [0.1, 0.15) is 34.1 Å². The van der Waals surface area contributed by atoms with Crippen molar-refractivity contribution in [2.24, 2.45) is 7.05 Å². The minimum absolute atomic E-state index is 0.00473. The second-order valence-corrected chi connectivity index (χ2v) is 6.88. The third-order valence-electron chi connectivity index (χ3n) is 4.77. The van der Waals surface area contributed by atoms with Crippen molar-refractivity contribution in [2.45, 2.75) is 25.6 Å². The Labute approximate surface area is 175 Å². The van der Waals surface area contributed by atoms with Gasteiger partial charge in [-0.3, -0.25) is 4.79 Å². The van der Waals surface area contributed by atoms with E-state index in [0.29, 0.717) is 5.69 Å². The van der Waals surface area contributed by atoms with Crippen LogP contribution in [0.15, 0.2) is 41.3 Å². The molecule has 1 unspecified atom stereocenters. The molecule has 0 aliphatic rings. The van der Waals surface area contributed by atoms with Crippen LogP contribution in [-0.4, -0.2) is 33.4 Å². The number of alkyl halides is 3. The standard InChI is InChI=1S/C22H19F3N2O4/c1-4-31-20(29)16-13(2)26-18-17(16)14(12-27(3)19(18)28)10-11-21(30,22(23,24)25)15-8-6-5-7-9-15/h5-9,12,26,30H,4H2,1-3H3. The third kappa shape index (κ3) is 3.82. The van der Waals surface area contributed by atoms with Gasteiger partial charge in [0, 0.05) is 29.9 Å². The molecule has 2 aromatic heterocycles. The number of aromatic amines is 1. The van der Waals surface area contributed by atoms with E-state index in [-0.39, 0.29) is 28.6 Å². The Bertz CT molecular complexity index is 1260. The molecule has 0 saturated heterocycles. The number of H-pyrrole nitrogens is 1. The normalized spacial score (nSPS) is 13.4. The molecule has 6 nitrogen and oxygen atoms in total. The van der Waals surface area contributed by atoms with E-state index in [1.807, 2.05) is 5.92 Å². The maximum absolute atomic E-state index is 13.8. The van der Waals surface area contributed by atoms with Crippen LogP contribution in [0.5, 0.6) is 0 Å². The predicted octanol–water partition coefficient (Wildman–Crippen LogP) is 3.15. The molecule has 0 bridgehead atoms. The van der Waals surface area contributed by atoms with Gasteiger partial charge in [-0.2, -0.15) is 13.2 Å². The fraction of sp³-hybridized carbons (Fsp3) is 0.273. The van der Waals surface area contributed by atoms with Crippen LogP contribution < -0.4 is 5.56 Å². The highest BCUT2D eigenvalue weighted by Gasteiger charge is 2.54. The maximum atomic E-state index is 13.8. The Kier molecular flexibility index (Phi) is 5.70. The van der Waals surface area contributed by atoms with E-state index in [4.69, 9.17) is 4.74 Å². The smallest absolute Gasteiger partial charge is 0.433 e. The number of esters is 1. The Morgan fingerprint density at radius 3 is 2.48 bits per heavy atom. The number of benzene rings is 1. The summed E-state index contributed by atoms with van der Waals surface area (Å²) in [6.45, 7) is 3.21. The van der Waals surface area contributed by atoms with Gasteiger partial charge in [0.05, 0.1) is 17.7 Å². The van der Waals surface area contributed by atoms with Crippen LogP contribution in [0.4, 0.5) is 13.2 Å². The molecule has 3 aromatic rings. The molecule has 0 radical (unpaired) electrons. The van der Waals surface area contributed by atoms with E-state index in [9.17, 15) is 27.9 Å². The highest BCUT2D eigenvalue weighted by molar-refractivity contribution is 6.07. The lowest BCUT2D eigenvalue weighted by Gasteiger charge is -2.25. The molecule has 2 heterocycles. The first-order valence-corrected chi connectivity index (χ1v) is 9.28. The van der Waals surface area contributed by atoms with Crippen molar-refractivity contribution in [1.82, 2.24) is 9.55 Å². The molecule has 0 fully saturated rings. The minimum atomic E-state index is -5.10. The maximum Gasteiger partial charge on any atom is 0.433 e. The van der Waals surface area contributed by atoms with Gasteiger partial charge in [0.25, 0.3) is 5.56 Å². The van der Waals surface area contributed by atoms with Crippen molar-refractivity contribution in [2.75, 3.05) is 6.61 Å². The van der Waals surface area contributed by atoms with E-state index in [1.165, 1.54) is 31.4 Å². The van der Waals surface area contributed by atoms with Crippen LogP contribution in [0.2, 0.25) is 0 Å². The number of nitrogens with zero attached hydrogens (tertiary/aromatic N) is 1. The van der Waals surface area contributed by atoms with Gasteiger partial charge in [-0.15, -0.1) is 0 Å². The van der Waals surface area contributed by atoms with Gasteiger partial charge in [0.15, 0.2) is 0 Å². The molecule has 1 atom stereocenters. The Balaban J connectivity index is 2.32. The summed E-state index contributed by atoms with van der Waals surface area (Å²) in [5, 5.41) is 10.5. The number of carbonyl (C=O) groups is 1. The van der Waals surface area contributed by atoms with Crippen LogP contribution in [0.25, 0.3) is 10.9 Å². The summed E-state index contributed by atoms with van der Waals surface area (Å²) in [6, 6.07) is 6.45. The summed E-state index contributed by atoms with van der Waals surface area (Å²) < 4.78 is 47.5. The quantitative estimate of drug-likeness (QED) is 0.492. The Morgan fingerprint density at radius 1 is 1.26 bits per heavy atom. The Morgan fingerprint density at radius 2 is 1.90 bits per heavy atom. The van der Waals surface area contributed by atoms with Crippen molar-refractivity contribution in [1.29, 1.82) is 0 Å². The molecule has 1 aromatic carbocycles. The lowest BCUT2D eigenvalue weighted by molar-refractivity contribution is -0.240. The number of aromatic nitrogens is 2. The van der Waals surface area contributed by atoms with Gasteiger partial charge < -0.3 is 19.4 Å². The number of rotatable bonds is 3. The van der Waals surface area contributed by atoms with Gasteiger partial charge in [-0.25, -0.2) is 4.79 Å². The fourth-order valence-corrected chi connectivity index (χ4v) is 3.24. The molecule has 0 aliphatic carbocycles. The number of aliphatic hydroxyl groups is 1. The van der Waals surface area contributed by atoms with Gasteiger partial charge in [0.1, 0.15) is 5.52 Å². The molecule has 0 saturated carbocycles. The first kappa shape index (κ1) is 22.2. The first-order valence-electron chi connectivity index (χ1n) is 9.28. The van der Waals surface area contributed by atoms with Gasteiger partial charge >= 0.3 is 12.1 Å². The molecule has 3 rings (SSSR count). The van der Waals surface area contributed by atoms with E-state index < -0.39 is 28.9 Å². The SMILES string of the molecule is CCOC(=O)c1c(C)[nH]c2c(=O)n(C)cc(C#CC(O)(c3ccccc3)C(F)(F)F)c12. The van der Waals surface area contributed by atoms with E-state index in [0.717, 1.165) is 16.7 Å². The summed E-state index contributed by atoms with van der Waals surface area (Å²) in [4.78, 5) is 27.7. The predicted molar refractivity (Wildman–Crippen MR) is 108 cm³/mol. The largest absolute Gasteiger partial charge is 0.462 e. The van der Waals surface area contributed by atoms with E-state index >= 15 is 0 Å². The molecular weight excluding hydrogens is 413 g/mol. The molecular formula is C22H19F3N2O4. The molecule has 0 amide bonds. The molecule has 0 aliphatic heterocycles. The van der Waals surface area contributed by atoms with E-state index in [2.05, 4.69) is 10.9 Å². The average Bonchev–Trinajstić information content (AvgIpc) is 3.07. The molecule has 0 spiro atoms. The van der Waals surface area contributed by atoms with Gasteiger partial charge in [0.2, 0.25) is 5.60 Å². The summed E-state index contributed by atoms with van der Waals surface area (Å²) >= 11 is 0. The number of carbonyl (C=O) groups excluding carboxylic acids is 1. The number of hydrogen-bond acceptors (Lipinski definition) is 4. The third-order valence-corrected chi connectivity index (χ3v) is 4.77. The minimum Gasteiger partial charge on any atom is -0.462 e. The Hall–Kier alpha value is -3.51. The highest BCUT2D eigenvalue weighted by atomic mass is 19.4.